The second kappa shape index (κ2) is 22.8. The largest absolute Gasteiger partial charge is 0.464 e. The maximum Gasteiger partial charge on any atom is 0.325 e. The highest BCUT2D eigenvalue weighted by Gasteiger charge is 2.53. The lowest BCUT2D eigenvalue weighted by Crippen LogP contribution is -2.72. The van der Waals surface area contributed by atoms with Crippen LogP contribution >= 0.6 is 11.3 Å². The van der Waals surface area contributed by atoms with Crippen LogP contribution in [0, 0.1) is 29.1 Å². The minimum Gasteiger partial charge on any atom is -0.464 e. The summed E-state index contributed by atoms with van der Waals surface area (Å²) >= 11 is 1.47. The van der Waals surface area contributed by atoms with E-state index in [1.54, 1.807) is 18.3 Å². The van der Waals surface area contributed by atoms with E-state index in [-0.39, 0.29) is 61.2 Å². The molecule has 3 aromatic heterocycles. The maximum absolute atomic E-state index is 15.3. The summed E-state index contributed by atoms with van der Waals surface area (Å²) in [7, 11) is 1.69. The highest BCUT2D eigenvalue weighted by molar-refractivity contribution is 7.10. The van der Waals surface area contributed by atoms with Gasteiger partial charge in [0.05, 0.1) is 81.0 Å². The number of hydrazine groups is 1. The number of hydrogen-bond acceptors (Lipinski definition) is 16. The van der Waals surface area contributed by atoms with Crippen LogP contribution in [0.1, 0.15) is 94.3 Å². The van der Waals surface area contributed by atoms with Crippen molar-refractivity contribution in [3.05, 3.63) is 57.7 Å². The molecule has 0 radical (unpaired) electrons. The number of thiazole rings is 1. The number of fused-ring (bicyclic) bond motifs is 4. The third-order valence-electron chi connectivity index (χ3n) is 15.6. The minimum atomic E-state index is -1.07. The van der Waals surface area contributed by atoms with E-state index in [9.17, 15) is 14.7 Å². The van der Waals surface area contributed by atoms with Crippen molar-refractivity contribution in [2.75, 3.05) is 79.6 Å². The molecule has 18 nitrogen and oxygen atoms in total. The van der Waals surface area contributed by atoms with Gasteiger partial charge in [-0.15, -0.1) is 11.3 Å². The molecule has 0 unspecified atom stereocenters. The Balaban J connectivity index is 1.15. The lowest BCUT2D eigenvalue weighted by atomic mass is 9.73. The van der Waals surface area contributed by atoms with Crippen molar-refractivity contribution in [2.24, 2.45) is 17.3 Å². The molecule has 4 N–H and O–H groups in total. The van der Waals surface area contributed by atoms with Gasteiger partial charge in [-0.3, -0.25) is 29.3 Å². The van der Waals surface area contributed by atoms with Gasteiger partial charge in [-0.2, -0.15) is 0 Å². The summed E-state index contributed by atoms with van der Waals surface area (Å²) < 4.78 is 38.6. The molecule has 7 atom stereocenters. The first kappa shape index (κ1) is 52.6. The van der Waals surface area contributed by atoms with Gasteiger partial charge in [-0.05, 0) is 75.6 Å². The van der Waals surface area contributed by atoms with E-state index in [1.807, 2.05) is 26.2 Å². The fourth-order valence-electron chi connectivity index (χ4n) is 11.3. The third kappa shape index (κ3) is 11.0. The number of cyclic esters (lactones) is 1. The third-order valence-corrected chi connectivity index (χ3v) is 16.5. The number of morpholine rings is 1. The second-order valence-electron chi connectivity index (χ2n) is 21.6. The SMILES string of the molecule is CO[C@@H](C)c1ncc(C#C[C@@H](C)NCCO)cc1-c1c2c3cc(ccc3n1CCOC1CCOCC1)-c1csc(n1)[C@@H](N1CCOCC1)[C@H](NC(=O)[C@H]1OC[C@@H]1C)C(=O)N1N[C@H](C(=O)OCC(C)(C)C2)C2CC1C2. The van der Waals surface area contributed by atoms with Crippen LogP contribution in [0.2, 0.25) is 0 Å². The number of nitrogens with zero attached hydrogens (tertiary/aromatic N) is 5. The highest BCUT2D eigenvalue weighted by atomic mass is 32.1. The predicted octanol–water partition coefficient (Wildman–Crippen LogP) is 4.56. The summed E-state index contributed by atoms with van der Waals surface area (Å²) in [6, 6.07) is 5.74. The number of methoxy groups -OCH3 is 1. The number of amides is 2. The van der Waals surface area contributed by atoms with E-state index in [0.29, 0.717) is 90.1 Å². The number of aliphatic hydroxyl groups excluding tert-OH is 1. The molecule has 6 fully saturated rings. The number of pyridine rings is 1. The summed E-state index contributed by atoms with van der Waals surface area (Å²) in [5.41, 5.74) is 9.66. The molecule has 74 heavy (non-hydrogen) atoms. The number of carbonyl (C=O) groups excluding carboxylic acids is 3. The molecule has 2 amide bonds. The number of esters is 1. The van der Waals surface area contributed by atoms with E-state index >= 15 is 4.79 Å². The van der Waals surface area contributed by atoms with Crippen molar-refractivity contribution in [3.63, 3.8) is 0 Å². The van der Waals surface area contributed by atoms with Crippen molar-refractivity contribution < 1.29 is 47.9 Å². The van der Waals surface area contributed by atoms with Gasteiger partial charge in [0.1, 0.15) is 23.2 Å². The Morgan fingerprint density at radius 3 is 2.61 bits per heavy atom. The first-order valence-electron chi connectivity index (χ1n) is 26.5. The highest BCUT2D eigenvalue weighted by Crippen LogP contribution is 2.44. The summed E-state index contributed by atoms with van der Waals surface area (Å²) in [6.07, 6.45) is 4.24. The molecule has 11 rings (SSSR count). The Labute approximate surface area is 437 Å². The first-order chi connectivity index (χ1) is 35.8. The zero-order valence-corrected chi connectivity index (χ0v) is 44.3. The number of nitrogens with one attached hydrogen (secondary N) is 3. The Bertz CT molecular complexity index is 2730. The van der Waals surface area contributed by atoms with E-state index in [0.717, 1.165) is 63.1 Å². The molecule has 1 aromatic carbocycles. The van der Waals surface area contributed by atoms with Gasteiger partial charge >= 0.3 is 5.97 Å². The van der Waals surface area contributed by atoms with Gasteiger partial charge in [0.25, 0.3) is 5.91 Å². The molecular weight excluding hydrogens is 965 g/mol. The van der Waals surface area contributed by atoms with Gasteiger partial charge in [-0.1, -0.05) is 38.7 Å². The van der Waals surface area contributed by atoms with Crippen molar-refractivity contribution in [1.29, 1.82) is 0 Å². The van der Waals surface area contributed by atoms with Crippen LogP contribution in [0.3, 0.4) is 0 Å². The number of hydrogen-bond donors (Lipinski definition) is 4. The summed E-state index contributed by atoms with van der Waals surface area (Å²) in [4.78, 5) is 56.6. The lowest BCUT2D eigenvalue weighted by Gasteiger charge is -2.53. The number of benzene rings is 1. The normalized spacial score (nSPS) is 27.2. The average Bonchev–Trinajstić information content (AvgIpc) is 4.00. The van der Waals surface area contributed by atoms with E-state index in [1.165, 1.54) is 11.3 Å². The van der Waals surface area contributed by atoms with E-state index < -0.39 is 35.6 Å². The molecule has 398 valence electrons. The average molecular weight is 1040 g/mol. The first-order valence-corrected chi connectivity index (χ1v) is 27.4. The van der Waals surface area contributed by atoms with Gasteiger partial charge < -0.3 is 48.7 Å². The zero-order chi connectivity index (χ0) is 51.7. The maximum atomic E-state index is 15.3. The van der Waals surface area contributed by atoms with E-state index in [2.05, 4.69) is 75.5 Å². The van der Waals surface area contributed by atoms with Crippen LogP contribution < -0.4 is 16.1 Å². The molecule has 7 aliphatic rings. The Hall–Kier alpha value is -4.85. The number of aromatic nitrogens is 3. The van der Waals surface area contributed by atoms with Crippen LogP contribution in [-0.2, 0) is 55.8 Å². The van der Waals surface area contributed by atoms with Crippen molar-refractivity contribution in [2.45, 2.75) is 122 Å². The number of rotatable bonds is 13. The van der Waals surface area contributed by atoms with Crippen molar-refractivity contribution >= 4 is 40.0 Å². The van der Waals surface area contributed by atoms with Crippen LogP contribution in [-0.4, -0.2) is 163 Å². The summed E-state index contributed by atoms with van der Waals surface area (Å²) in [6.45, 7) is 15.4. The van der Waals surface area contributed by atoms with Crippen LogP contribution in [0.4, 0.5) is 0 Å². The molecule has 1 aliphatic carbocycles. The Kier molecular flexibility index (Phi) is 16.2. The van der Waals surface area contributed by atoms with Gasteiger partial charge in [0.2, 0.25) is 5.91 Å². The topological polar surface area (TPSA) is 200 Å². The Morgan fingerprint density at radius 1 is 1.09 bits per heavy atom. The fraction of sp³-hybridized carbons (Fsp3) is 0.618. The van der Waals surface area contributed by atoms with Crippen LogP contribution in [0.15, 0.2) is 35.8 Å². The lowest BCUT2D eigenvalue weighted by molar-refractivity contribution is -0.174. The molecular formula is C55H72N8O10S. The molecule has 9 heterocycles. The molecule has 6 aliphatic heterocycles. The smallest absolute Gasteiger partial charge is 0.325 e. The van der Waals surface area contributed by atoms with Gasteiger partial charge in [-0.25, -0.2) is 10.4 Å². The summed E-state index contributed by atoms with van der Waals surface area (Å²) in [5, 5.41) is 21.2. The van der Waals surface area contributed by atoms with Crippen LogP contribution in [0.5, 0.6) is 0 Å². The molecule has 4 aromatic rings. The monoisotopic (exact) mass is 1040 g/mol. The number of carbonyl (C=O) groups is 3. The zero-order valence-electron chi connectivity index (χ0n) is 43.5. The molecule has 8 bridgehead atoms. The molecule has 5 saturated heterocycles. The van der Waals surface area contributed by atoms with Crippen molar-refractivity contribution in [1.82, 2.24) is 40.5 Å². The molecule has 1 saturated carbocycles. The predicted molar refractivity (Wildman–Crippen MR) is 278 cm³/mol. The second-order valence-corrected chi connectivity index (χ2v) is 22.5. The number of aliphatic hydroxyl groups is 1. The quantitative estimate of drug-likeness (QED) is 0.107. The van der Waals surface area contributed by atoms with Gasteiger partial charge in [0.15, 0.2) is 0 Å². The van der Waals surface area contributed by atoms with Gasteiger partial charge in [0, 0.05) is 103 Å². The fourth-order valence-corrected chi connectivity index (χ4v) is 12.3. The minimum absolute atomic E-state index is 0.00531. The molecule has 19 heteroatoms. The number of ether oxygens (including phenoxy) is 6. The van der Waals surface area contributed by atoms with Crippen LogP contribution in [0.25, 0.3) is 33.4 Å². The van der Waals surface area contributed by atoms with Crippen molar-refractivity contribution in [3.8, 4) is 34.4 Å². The molecule has 0 spiro atoms. The Morgan fingerprint density at radius 2 is 1.88 bits per heavy atom. The van der Waals surface area contributed by atoms with E-state index in [4.69, 9.17) is 38.4 Å². The standard InChI is InChI=1S/C55H72N8O10S/c1-32-29-72-50(32)51(65)59-47-49(61-14-20-70-21-15-61)52-58-43(30-74-52)36-9-10-44-40(26-36)42(27-55(4,5)31-73-54(67)46-37-24-38(25-37)63(60-46)53(47)66)48(62(44)16-22-71-39-11-18-69-19-12-39)41-23-35(8-7-33(2)56-13-17-64)28-57-45(41)34(3)68-6/h9-10,23,26,28,30,32-34,37-39,46-47,49-50,56,60,64H,11-22,24-25,27,29,31H2,1-6H3,(H,59,65)/t32-,33+,34-,37?,38?,46-,47-,49-,50-/m0/s1. The summed E-state index contributed by atoms with van der Waals surface area (Å²) in [5.74, 6) is 5.52.